The fourth-order valence-electron chi connectivity index (χ4n) is 4.15. The molecule has 1 aliphatic heterocycles. The standard InChI is InChI=1S/C21H21F6N7.C4H8O2/c1-11-4-5-16-18(29-11)17(6-12(2)28-16)34(19-30-32-33(3)31-19)10-13-7-14(20(22,23)24)9-15(8-13)21(25,26)27;1-4(2)6-3-5/h4-5,7-9,12,17,28H,6,10H2,1-3H3;3-4H,1-2H3/p+1/t12-,17+;/m1./s1. The summed E-state index contributed by atoms with van der Waals surface area (Å²) in [5.41, 5.74) is -0.835. The van der Waals surface area contributed by atoms with Crippen LogP contribution in [-0.4, -0.2) is 39.0 Å². The van der Waals surface area contributed by atoms with Crippen LogP contribution in [0.15, 0.2) is 30.3 Å². The number of fused-ring (bicyclic) bond motifs is 1. The molecule has 15 heteroatoms. The summed E-state index contributed by atoms with van der Waals surface area (Å²) < 4.78 is 84.9. The van der Waals surface area contributed by atoms with Gasteiger partial charge in [0.15, 0.2) is 0 Å². The topological polar surface area (TPSA) is 99.9 Å². The van der Waals surface area contributed by atoms with Crippen molar-refractivity contribution in [3.63, 3.8) is 0 Å². The molecule has 0 radical (unpaired) electrons. The minimum atomic E-state index is -4.94. The highest BCUT2D eigenvalue weighted by atomic mass is 19.4. The van der Waals surface area contributed by atoms with E-state index in [2.05, 4.69) is 30.4 Å². The van der Waals surface area contributed by atoms with Crippen LogP contribution in [0, 0.1) is 6.92 Å². The van der Waals surface area contributed by atoms with Gasteiger partial charge in [0.25, 0.3) is 6.47 Å². The number of rotatable bonds is 6. The number of H-pyrrole nitrogens is 1. The van der Waals surface area contributed by atoms with E-state index in [1.807, 2.05) is 19.1 Å². The van der Waals surface area contributed by atoms with Gasteiger partial charge in [0.1, 0.15) is 7.05 Å². The molecule has 2 N–H and O–H groups in total. The van der Waals surface area contributed by atoms with Crippen molar-refractivity contribution >= 4 is 18.1 Å². The van der Waals surface area contributed by atoms with Crippen LogP contribution in [0.1, 0.15) is 61.3 Å². The van der Waals surface area contributed by atoms with Gasteiger partial charge in [0.05, 0.1) is 39.8 Å². The van der Waals surface area contributed by atoms with Gasteiger partial charge in [-0.25, -0.2) is 0 Å². The number of tetrazole rings is 1. The maximum absolute atomic E-state index is 13.4. The number of carbonyl (C=O) groups excluding carboxylic acids is 1. The Kier molecular flexibility index (Phi) is 9.25. The van der Waals surface area contributed by atoms with Crippen LogP contribution in [0.4, 0.5) is 38.0 Å². The van der Waals surface area contributed by atoms with Crippen LogP contribution in [0.2, 0.25) is 0 Å². The molecule has 218 valence electrons. The Hall–Kier alpha value is -3.91. The van der Waals surface area contributed by atoms with Crippen molar-refractivity contribution in [3.05, 3.63) is 58.4 Å². The lowest BCUT2D eigenvalue weighted by Crippen LogP contribution is -2.39. The first kappa shape index (κ1) is 30.6. The smallest absolute Gasteiger partial charge is 0.416 e. The number of hydrogen-bond donors (Lipinski definition) is 2. The largest absolute Gasteiger partial charge is 0.465 e. The molecule has 1 aliphatic rings. The highest BCUT2D eigenvalue weighted by Crippen LogP contribution is 2.40. The van der Waals surface area contributed by atoms with Gasteiger partial charge in [-0.05, 0) is 75.2 Å². The van der Waals surface area contributed by atoms with Crippen molar-refractivity contribution in [2.45, 2.75) is 71.2 Å². The van der Waals surface area contributed by atoms with E-state index in [-0.39, 0.29) is 36.3 Å². The summed E-state index contributed by atoms with van der Waals surface area (Å²) in [4.78, 5) is 16.9. The van der Waals surface area contributed by atoms with E-state index in [9.17, 15) is 31.1 Å². The number of nitrogens with zero attached hydrogens (tertiary/aromatic N) is 5. The molecule has 0 amide bonds. The molecule has 0 fully saturated rings. The van der Waals surface area contributed by atoms with Gasteiger partial charge in [0.2, 0.25) is 0 Å². The molecule has 0 spiro atoms. The number of hydrogen-bond acceptors (Lipinski definition) is 7. The van der Waals surface area contributed by atoms with E-state index in [1.54, 1.807) is 32.7 Å². The molecular formula is C25H30F6N7O2+. The molecule has 3 heterocycles. The van der Waals surface area contributed by atoms with Crippen LogP contribution in [0.25, 0.3) is 0 Å². The highest BCUT2D eigenvalue weighted by Gasteiger charge is 2.39. The summed E-state index contributed by atoms with van der Waals surface area (Å²) in [7, 11) is 1.57. The van der Waals surface area contributed by atoms with Gasteiger partial charge in [-0.15, -0.1) is 0 Å². The Bertz CT molecular complexity index is 1280. The second kappa shape index (κ2) is 12.1. The lowest BCUT2D eigenvalue weighted by atomic mass is 9.95. The third-order valence-corrected chi connectivity index (χ3v) is 5.85. The second-order valence-electron chi connectivity index (χ2n) is 9.64. The van der Waals surface area contributed by atoms with Gasteiger partial charge in [-0.1, -0.05) is 4.80 Å². The van der Waals surface area contributed by atoms with E-state index < -0.39 is 29.5 Å². The predicted molar refractivity (Wildman–Crippen MR) is 132 cm³/mol. The molecule has 2 aromatic heterocycles. The van der Waals surface area contributed by atoms with Crippen molar-refractivity contribution < 1.29 is 40.7 Å². The molecule has 0 saturated heterocycles. The molecule has 4 rings (SSSR count). The lowest BCUT2D eigenvalue weighted by molar-refractivity contribution is -0.783. The molecular weight excluding hydrogens is 544 g/mol. The number of nitrogens with one attached hydrogen (secondary N) is 2. The maximum Gasteiger partial charge on any atom is 0.416 e. The number of carbonyl (C=O) groups is 1. The summed E-state index contributed by atoms with van der Waals surface area (Å²) in [6.07, 6.45) is -9.37. The van der Waals surface area contributed by atoms with Gasteiger partial charge in [-0.2, -0.15) is 26.3 Å². The fraction of sp³-hybridized carbons (Fsp3) is 0.480. The first-order valence-corrected chi connectivity index (χ1v) is 12.3. The fourth-order valence-corrected chi connectivity index (χ4v) is 4.15. The third-order valence-electron chi connectivity index (χ3n) is 5.85. The minimum Gasteiger partial charge on any atom is -0.465 e. The lowest BCUT2D eigenvalue weighted by Gasteiger charge is -2.36. The molecule has 9 nitrogen and oxygen atoms in total. The number of anilines is 2. The molecule has 40 heavy (non-hydrogen) atoms. The third kappa shape index (κ3) is 7.82. The Morgan fingerprint density at radius 3 is 2.23 bits per heavy atom. The van der Waals surface area contributed by atoms with Crippen molar-refractivity contribution in [3.8, 4) is 0 Å². The van der Waals surface area contributed by atoms with Crippen molar-refractivity contribution in [1.82, 2.24) is 20.4 Å². The normalized spacial score (nSPS) is 16.9. The first-order valence-electron chi connectivity index (χ1n) is 12.3. The summed E-state index contributed by atoms with van der Waals surface area (Å²) in [6.45, 7) is 7.48. The van der Waals surface area contributed by atoms with E-state index in [0.717, 1.165) is 23.5 Å². The first-order chi connectivity index (χ1) is 18.6. The van der Waals surface area contributed by atoms with Crippen LogP contribution < -0.4 is 15.0 Å². The van der Waals surface area contributed by atoms with E-state index in [4.69, 9.17) is 0 Å². The van der Waals surface area contributed by atoms with Crippen molar-refractivity contribution in [2.75, 3.05) is 10.2 Å². The van der Waals surface area contributed by atoms with Crippen LogP contribution in [-0.2, 0) is 35.5 Å². The zero-order chi connectivity index (χ0) is 29.8. The number of benzene rings is 1. The summed E-state index contributed by atoms with van der Waals surface area (Å²) in [5.74, 6) is 0.127. The molecule has 0 unspecified atom stereocenters. The van der Waals surface area contributed by atoms with Gasteiger partial charge in [-0.3, -0.25) is 9.78 Å². The Morgan fingerprint density at radius 1 is 1.12 bits per heavy atom. The van der Waals surface area contributed by atoms with E-state index in [0.29, 0.717) is 18.6 Å². The van der Waals surface area contributed by atoms with E-state index in [1.165, 1.54) is 4.80 Å². The number of aromatic amines is 1. The number of aromatic nitrogens is 5. The summed E-state index contributed by atoms with van der Waals surface area (Å²) >= 11 is 0. The molecule has 0 saturated carbocycles. The number of halogens is 6. The van der Waals surface area contributed by atoms with Gasteiger partial charge < -0.3 is 15.0 Å². The molecule has 0 bridgehead atoms. The summed E-state index contributed by atoms with van der Waals surface area (Å²) in [5, 5.41) is 14.3. The second-order valence-corrected chi connectivity index (χ2v) is 9.64. The number of pyridine rings is 1. The molecule has 2 atom stereocenters. The SMILES string of the molecule is CC(C)OC=O.Cc1ccc2c(n1)[C@@H](N(Cc1cc(C(F)(F)F)cc(C(F)(F)F)c1)c1n[nH][n+](C)n1)C[C@@H](C)N2. The molecule has 1 aromatic carbocycles. The minimum absolute atomic E-state index is 0.0301. The Labute approximate surface area is 226 Å². The number of ether oxygens (including phenoxy) is 1. The zero-order valence-electron chi connectivity index (χ0n) is 22.4. The monoisotopic (exact) mass is 574 g/mol. The van der Waals surface area contributed by atoms with E-state index >= 15 is 0 Å². The average molecular weight is 575 g/mol. The van der Waals surface area contributed by atoms with Gasteiger partial charge in [0, 0.05) is 23.4 Å². The molecule has 3 aromatic rings. The van der Waals surface area contributed by atoms with Crippen LogP contribution in [0.3, 0.4) is 0 Å². The number of aryl methyl sites for hydroxylation is 2. The number of alkyl halides is 6. The van der Waals surface area contributed by atoms with Crippen LogP contribution >= 0.6 is 0 Å². The van der Waals surface area contributed by atoms with Crippen molar-refractivity contribution in [1.29, 1.82) is 0 Å². The van der Waals surface area contributed by atoms with Crippen molar-refractivity contribution in [2.24, 2.45) is 7.05 Å². The van der Waals surface area contributed by atoms with Gasteiger partial charge >= 0.3 is 18.3 Å². The highest BCUT2D eigenvalue weighted by molar-refractivity contribution is 5.55. The predicted octanol–water partition coefficient (Wildman–Crippen LogP) is 4.89. The average Bonchev–Trinajstić information content (AvgIpc) is 3.27. The zero-order valence-corrected chi connectivity index (χ0v) is 22.4. The quantitative estimate of drug-likeness (QED) is 0.246. The Balaban J connectivity index is 0.000000663. The molecule has 0 aliphatic carbocycles. The summed E-state index contributed by atoms with van der Waals surface area (Å²) in [6, 6.07) is 4.71. The van der Waals surface area contributed by atoms with Crippen LogP contribution in [0.5, 0.6) is 0 Å². The Morgan fingerprint density at radius 2 is 1.75 bits per heavy atom. The maximum atomic E-state index is 13.4.